The van der Waals surface area contributed by atoms with E-state index in [1.165, 1.54) is 141 Å². The Morgan fingerprint density at radius 3 is 0.807 bits per heavy atom. The molecule has 0 amide bonds. The van der Waals surface area contributed by atoms with Crippen LogP contribution in [0, 0.1) is 23.7 Å². The Labute approximate surface area is 537 Å². The van der Waals surface area contributed by atoms with Gasteiger partial charge >= 0.3 is 39.5 Å². The maximum atomic E-state index is 13.0. The highest BCUT2D eigenvalue weighted by molar-refractivity contribution is 7.47. The molecule has 0 fully saturated rings. The van der Waals surface area contributed by atoms with Gasteiger partial charge in [0.2, 0.25) is 0 Å². The number of phosphoric acid groups is 2. The summed E-state index contributed by atoms with van der Waals surface area (Å²) in [6.45, 7) is 14.1. The van der Waals surface area contributed by atoms with E-state index in [0.717, 1.165) is 114 Å². The third-order valence-corrected chi connectivity index (χ3v) is 18.4. The third kappa shape index (κ3) is 60.3. The lowest BCUT2D eigenvalue weighted by atomic mass is 9.99. The van der Waals surface area contributed by atoms with Crippen LogP contribution < -0.4 is 0 Å². The molecule has 0 aromatic rings. The average molecular weight is 1300 g/mol. The highest BCUT2D eigenvalue weighted by atomic mass is 31.2. The number of ether oxygens (including phenoxy) is 4. The summed E-state index contributed by atoms with van der Waals surface area (Å²) >= 11 is 0. The molecule has 0 spiro atoms. The highest BCUT2D eigenvalue weighted by Gasteiger charge is 2.30. The molecule has 0 rings (SSSR count). The van der Waals surface area contributed by atoms with Crippen molar-refractivity contribution in [2.45, 2.75) is 356 Å². The van der Waals surface area contributed by atoms with E-state index in [0.29, 0.717) is 25.7 Å². The lowest BCUT2D eigenvalue weighted by Crippen LogP contribution is -2.30. The Kier molecular flexibility index (Phi) is 57.6. The zero-order valence-electron chi connectivity index (χ0n) is 57.3. The molecule has 0 saturated carbocycles. The van der Waals surface area contributed by atoms with Crippen LogP contribution in [0.3, 0.4) is 0 Å². The predicted molar refractivity (Wildman–Crippen MR) is 354 cm³/mol. The first-order valence-electron chi connectivity index (χ1n) is 35.8. The zero-order valence-corrected chi connectivity index (χ0v) is 59.1. The normalized spacial score (nSPS) is 14.9. The number of hydrogen-bond acceptors (Lipinski definition) is 15. The number of aliphatic hydroxyl groups excluding tert-OH is 1. The molecule has 0 aromatic carbocycles. The summed E-state index contributed by atoms with van der Waals surface area (Å²) in [6, 6.07) is 0. The van der Waals surface area contributed by atoms with Crippen LogP contribution in [0.2, 0.25) is 0 Å². The maximum absolute atomic E-state index is 13.0. The van der Waals surface area contributed by atoms with Crippen molar-refractivity contribution in [3.05, 3.63) is 0 Å². The minimum Gasteiger partial charge on any atom is -0.462 e. The Hall–Kier alpha value is -1.94. The van der Waals surface area contributed by atoms with Crippen LogP contribution in [0.15, 0.2) is 0 Å². The van der Waals surface area contributed by atoms with Gasteiger partial charge < -0.3 is 33.8 Å². The molecule has 522 valence electrons. The van der Waals surface area contributed by atoms with Gasteiger partial charge in [0, 0.05) is 25.7 Å². The number of aliphatic hydroxyl groups is 1. The van der Waals surface area contributed by atoms with Gasteiger partial charge in [0.15, 0.2) is 12.2 Å². The van der Waals surface area contributed by atoms with Gasteiger partial charge in [0.1, 0.15) is 19.3 Å². The van der Waals surface area contributed by atoms with Crippen LogP contribution in [-0.4, -0.2) is 96.7 Å². The second-order valence-electron chi connectivity index (χ2n) is 26.4. The molecule has 88 heavy (non-hydrogen) atoms. The molecule has 0 aliphatic heterocycles. The van der Waals surface area contributed by atoms with E-state index in [-0.39, 0.29) is 25.7 Å². The second kappa shape index (κ2) is 58.8. The molecule has 0 heterocycles. The number of esters is 4. The van der Waals surface area contributed by atoms with Crippen LogP contribution >= 0.6 is 15.6 Å². The number of unbranched alkanes of at least 4 members (excludes halogenated alkanes) is 30. The molecule has 0 aromatic heterocycles. The SMILES string of the molecule is CCC(C)CCCCCCCCCCCCC(=O)OC[C@H](COP(=O)(O)OCC(O)COP(=O)(O)OC[C@@H](COC(=O)CCCCCCCCCCC(C)C)OC(=O)CCCCCCCCCCC(C)CC)OC(=O)CCCCCCCCCCC(C)C. The lowest BCUT2D eigenvalue weighted by Gasteiger charge is -2.21. The van der Waals surface area contributed by atoms with E-state index < -0.39 is 97.5 Å². The second-order valence-corrected chi connectivity index (χ2v) is 29.3. The van der Waals surface area contributed by atoms with Gasteiger partial charge in [0.25, 0.3) is 0 Å². The monoisotopic (exact) mass is 1300 g/mol. The maximum Gasteiger partial charge on any atom is 0.472 e. The smallest absolute Gasteiger partial charge is 0.462 e. The standard InChI is InChI=1S/C69H134O17P2/c1-9-61(7)47-39-31-23-13-11-12-14-25-33-41-49-66(71)79-55-64(85-68(73)51-43-35-27-19-16-22-30-38-46-60(5)6)57-83-87(75,76)81-53-63(70)54-82-88(77,78)84-58-65(56-80-67(72)50-42-34-26-18-15-21-29-37-45-59(3)4)86-69(74)52-44-36-28-20-17-24-32-40-48-62(8)10-2/h59-65,70H,9-58H2,1-8H3,(H,75,76)(H,77,78)/t61?,62?,63?,64-,65-/m1/s1. The van der Waals surface area contributed by atoms with Crippen molar-refractivity contribution in [2.75, 3.05) is 39.6 Å². The molecule has 0 bridgehead atoms. The number of phosphoric ester groups is 2. The molecule has 17 nitrogen and oxygen atoms in total. The van der Waals surface area contributed by atoms with Crippen LogP contribution in [0.5, 0.6) is 0 Å². The molecule has 3 N–H and O–H groups in total. The van der Waals surface area contributed by atoms with Gasteiger partial charge in [-0.05, 0) is 49.4 Å². The van der Waals surface area contributed by atoms with Gasteiger partial charge in [0.05, 0.1) is 26.4 Å². The van der Waals surface area contributed by atoms with E-state index in [9.17, 15) is 43.2 Å². The minimum atomic E-state index is -4.95. The molecule has 0 aliphatic rings. The van der Waals surface area contributed by atoms with E-state index in [1.807, 2.05) is 0 Å². The Morgan fingerprint density at radius 2 is 0.545 bits per heavy atom. The summed E-state index contributed by atoms with van der Waals surface area (Å²) < 4.78 is 68.2. The van der Waals surface area contributed by atoms with Crippen LogP contribution in [0.4, 0.5) is 0 Å². The summed E-state index contributed by atoms with van der Waals surface area (Å²) in [6.07, 6.45) is 40.2. The fourth-order valence-electron chi connectivity index (χ4n) is 10.2. The Morgan fingerprint density at radius 1 is 0.318 bits per heavy atom. The average Bonchev–Trinajstić information content (AvgIpc) is 3.58. The van der Waals surface area contributed by atoms with Gasteiger partial charge in [-0.1, -0.05) is 287 Å². The van der Waals surface area contributed by atoms with Crippen molar-refractivity contribution in [2.24, 2.45) is 23.7 Å². The van der Waals surface area contributed by atoms with Crippen LogP contribution in [0.25, 0.3) is 0 Å². The largest absolute Gasteiger partial charge is 0.472 e. The van der Waals surface area contributed by atoms with E-state index in [2.05, 4.69) is 55.4 Å². The number of carbonyl (C=O) groups excluding carboxylic acids is 4. The lowest BCUT2D eigenvalue weighted by molar-refractivity contribution is -0.161. The van der Waals surface area contributed by atoms with E-state index in [1.54, 1.807) is 0 Å². The van der Waals surface area contributed by atoms with E-state index >= 15 is 0 Å². The first-order valence-corrected chi connectivity index (χ1v) is 38.8. The molecule has 0 radical (unpaired) electrons. The zero-order chi connectivity index (χ0) is 65.4. The minimum absolute atomic E-state index is 0.104. The summed E-state index contributed by atoms with van der Waals surface area (Å²) in [5, 5.41) is 10.6. The molecular formula is C69H134O17P2. The summed E-state index contributed by atoms with van der Waals surface area (Å²) in [5.74, 6) is 0.890. The first kappa shape index (κ1) is 86.1. The number of rotatable bonds is 66. The van der Waals surface area contributed by atoms with Gasteiger partial charge in [-0.15, -0.1) is 0 Å². The molecule has 0 saturated heterocycles. The Balaban J connectivity index is 5.26. The van der Waals surface area contributed by atoms with Crippen molar-refractivity contribution in [3.8, 4) is 0 Å². The molecular weight excluding hydrogens is 1160 g/mol. The topological polar surface area (TPSA) is 237 Å². The van der Waals surface area contributed by atoms with Crippen molar-refractivity contribution in [1.29, 1.82) is 0 Å². The number of hydrogen-bond donors (Lipinski definition) is 3. The molecule has 19 heteroatoms. The summed E-state index contributed by atoms with van der Waals surface area (Å²) in [7, 11) is -9.90. The molecule has 0 aliphatic carbocycles. The van der Waals surface area contributed by atoms with Crippen molar-refractivity contribution in [3.63, 3.8) is 0 Å². The Bertz CT molecular complexity index is 1750. The quantitative estimate of drug-likeness (QED) is 0.0222. The van der Waals surface area contributed by atoms with Crippen molar-refractivity contribution >= 4 is 39.5 Å². The van der Waals surface area contributed by atoms with Crippen molar-refractivity contribution in [1.82, 2.24) is 0 Å². The van der Waals surface area contributed by atoms with Gasteiger partial charge in [-0.2, -0.15) is 0 Å². The summed E-state index contributed by atoms with van der Waals surface area (Å²) in [4.78, 5) is 72.5. The molecule has 5 unspecified atom stereocenters. The van der Waals surface area contributed by atoms with Gasteiger partial charge in [-0.25, -0.2) is 9.13 Å². The van der Waals surface area contributed by atoms with Crippen LogP contribution in [0.1, 0.15) is 338 Å². The van der Waals surface area contributed by atoms with Gasteiger partial charge in [-0.3, -0.25) is 37.3 Å². The first-order chi connectivity index (χ1) is 42.2. The number of carbonyl (C=O) groups is 4. The fraction of sp³-hybridized carbons (Fsp3) is 0.942. The fourth-order valence-corrected chi connectivity index (χ4v) is 11.8. The van der Waals surface area contributed by atoms with Crippen LogP contribution in [-0.2, 0) is 65.4 Å². The third-order valence-electron chi connectivity index (χ3n) is 16.5. The highest BCUT2D eigenvalue weighted by Crippen LogP contribution is 2.45. The predicted octanol–water partition coefficient (Wildman–Crippen LogP) is 19.3. The van der Waals surface area contributed by atoms with Crippen molar-refractivity contribution < 1.29 is 80.2 Å². The molecule has 7 atom stereocenters. The summed E-state index contributed by atoms with van der Waals surface area (Å²) in [5.41, 5.74) is 0. The van der Waals surface area contributed by atoms with E-state index in [4.69, 9.17) is 37.0 Å².